The Balaban J connectivity index is 1.42. The van der Waals surface area contributed by atoms with E-state index in [-0.39, 0.29) is 18.2 Å². The number of nitrogens with one attached hydrogen (secondary N) is 2. The molecule has 1 atom stereocenters. The predicted octanol–water partition coefficient (Wildman–Crippen LogP) is 3.77. The van der Waals surface area contributed by atoms with Crippen LogP contribution >= 0.6 is 22.7 Å². The van der Waals surface area contributed by atoms with Gasteiger partial charge in [0.25, 0.3) is 5.91 Å². The lowest BCUT2D eigenvalue weighted by atomic mass is 10.2. The molecule has 0 radical (unpaired) electrons. The summed E-state index contributed by atoms with van der Waals surface area (Å²) in [4.78, 5) is 29.6. The molecule has 2 N–H and O–H groups in total. The summed E-state index contributed by atoms with van der Waals surface area (Å²) in [6, 6.07) is 9.16. The summed E-state index contributed by atoms with van der Waals surface area (Å²) in [7, 11) is 0. The number of carbonyl (C=O) groups excluding carboxylic acids is 2. The number of thiazole rings is 1. The van der Waals surface area contributed by atoms with Gasteiger partial charge >= 0.3 is 0 Å². The van der Waals surface area contributed by atoms with Crippen molar-refractivity contribution in [1.29, 1.82) is 0 Å². The number of rotatable bonds is 4. The number of thiophene rings is 1. The van der Waals surface area contributed by atoms with Crippen LogP contribution in [0, 0.1) is 0 Å². The van der Waals surface area contributed by atoms with Crippen LogP contribution in [0.3, 0.4) is 0 Å². The first-order chi connectivity index (χ1) is 12.6. The summed E-state index contributed by atoms with van der Waals surface area (Å²) >= 11 is 3.16. The number of ether oxygens (including phenoxy) is 1. The molecule has 0 bridgehead atoms. The molecule has 0 fully saturated rings. The van der Waals surface area contributed by atoms with E-state index in [9.17, 15) is 9.59 Å². The lowest BCUT2D eigenvalue weighted by Crippen LogP contribution is -2.34. The molecule has 3 aromatic rings. The highest BCUT2D eigenvalue weighted by Gasteiger charge is 2.23. The highest BCUT2D eigenvalue weighted by Crippen LogP contribution is 2.32. The fourth-order valence-electron chi connectivity index (χ4n) is 2.56. The summed E-state index contributed by atoms with van der Waals surface area (Å²) in [5.74, 6) is 0.226. The molecular weight excluding hydrogens is 370 g/mol. The molecule has 1 unspecified atom stereocenters. The van der Waals surface area contributed by atoms with Gasteiger partial charge in [-0.15, -0.1) is 22.7 Å². The molecule has 3 heterocycles. The Morgan fingerprint density at radius 3 is 3.04 bits per heavy atom. The van der Waals surface area contributed by atoms with Gasteiger partial charge in [0.15, 0.2) is 6.10 Å². The van der Waals surface area contributed by atoms with Crippen LogP contribution < -0.4 is 15.4 Å². The second kappa shape index (κ2) is 6.89. The highest BCUT2D eigenvalue weighted by atomic mass is 32.1. The van der Waals surface area contributed by atoms with Crippen molar-refractivity contribution in [3.8, 4) is 15.6 Å². The zero-order chi connectivity index (χ0) is 18.1. The molecular formula is C18H15N3O3S2. The SMILES string of the molecule is CC1Oc2ccc(NC(=O)Cc3csc(-c4cccs4)n3)cc2NC1=O. The monoisotopic (exact) mass is 385 g/mol. The van der Waals surface area contributed by atoms with Crippen LogP contribution in [0.1, 0.15) is 12.6 Å². The lowest BCUT2D eigenvalue weighted by molar-refractivity contribution is -0.122. The van der Waals surface area contributed by atoms with E-state index in [1.807, 2.05) is 22.9 Å². The average molecular weight is 385 g/mol. The van der Waals surface area contributed by atoms with Crippen molar-refractivity contribution < 1.29 is 14.3 Å². The molecule has 132 valence electrons. The number of nitrogens with zero attached hydrogens (tertiary/aromatic N) is 1. The van der Waals surface area contributed by atoms with Gasteiger partial charge in [0, 0.05) is 11.1 Å². The van der Waals surface area contributed by atoms with E-state index in [0.29, 0.717) is 17.1 Å². The number of carbonyl (C=O) groups is 2. The minimum absolute atomic E-state index is 0.163. The van der Waals surface area contributed by atoms with Crippen LogP contribution in [-0.2, 0) is 16.0 Å². The predicted molar refractivity (Wildman–Crippen MR) is 103 cm³/mol. The van der Waals surface area contributed by atoms with Gasteiger partial charge in [-0.25, -0.2) is 4.98 Å². The van der Waals surface area contributed by atoms with E-state index >= 15 is 0 Å². The van der Waals surface area contributed by atoms with E-state index in [1.165, 1.54) is 11.3 Å². The standard InChI is InChI=1S/C18H15N3O3S2/c1-10-17(23)21-13-7-11(4-5-14(13)24-10)19-16(22)8-12-9-26-18(20-12)15-3-2-6-25-15/h2-7,9-10H,8H2,1H3,(H,19,22)(H,21,23). The smallest absolute Gasteiger partial charge is 0.265 e. The second-order valence-corrected chi connectivity index (χ2v) is 7.61. The van der Waals surface area contributed by atoms with Crippen molar-refractivity contribution in [2.24, 2.45) is 0 Å². The lowest BCUT2D eigenvalue weighted by Gasteiger charge is -2.23. The van der Waals surface area contributed by atoms with Crippen molar-refractivity contribution >= 4 is 45.9 Å². The largest absolute Gasteiger partial charge is 0.479 e. The van der Waals surface area contributed by atoms with Gasteiger partial charge in [0.05, 0.1) is 22.7 Å². The maximum atomic E-state index is 12.3. The summed E-state index contributed by atoms with van der Waals surface area (Å²) in [5.41, 5.74) is 1.89. The van der Waals surface area contributed by atoms with Gasteiger partial charge in [-0.05, 0) is 36.6 Å². The maximum Gasteiger partial charge on any atom is 0.265 e. The van der Waals surface area contributed by atoms with Crippen LogP contribution in [0.15, 0.2) is 41.1 Å². The van der Waals surface area contributed by atoms with Crippen LogP contribution in [0.5, 0.6) is 5.75 Å². The van der Waals surface area contributed by atoms with E-state index < -0.39 is 6.10 Å². The topological polar surface area (TPSA) is 80.3 Å². The van der Waals surface area contributed by atoms with E-state index in [1.54, 1.807) is 36.5 Å². The third kappa shape index (κ3) is 3.47. The van der Waals surface area contributed by atoms with Gasteiger partial charge < -0.3 is 15.4 Å². The summed E-state index contributed by atoms with van der Waals surface area (Å²) in [5, 5.41) is 10.4. The Morgan fingerprint density at radius 1 is 1.35 bits per heavy atom. The number of anilines is 2. The Bertz CT molecular complexity index is 966. The third-order valence-corrected chi connectivity index (χ3v) is 5.75. The minimum atomic E-state index is -0.523. The summed E-state index contributed by atoms with van der Waals surface area (Å²) in [6.45, 7) is 1.69. The molecule has 1 aliphatic rings. The van der Waals surface area contributed by atoms with Gasteiger partial charge in [-0.2, -0.15) is 0 Å². The van der Waals surface area contributed by atoms with E-state index in [2.05, 4.69) is 15.6 Å². The maximum absolute atomic E-state index is 12.3. The van der Waals surface area contributed by atoms with Gasteiger partial charge in [0.1, 0.15) is 10.8 Å². The molecule has 1 aliphatic heterocycles. The van der Waals surface area contributed by atoms with Crippen LogP contribution in [-0.4, -0.2) is 22.9 Å². The van der Waals surface area contributed by atoms with Crippen molar-refractivity contribution in [2.75, 3.05) is 10.6 Å². The first-order valence-corrected chi connectivity index (χ1v) is 9.74. The Morgan fingerprint density at radius 2 is 2.23 bits per heavy atom. The van der Waals surface area contributed by atoms with Crippen LogP contribution in [0.2, 0.25) is 0 Å². The number of aromatic nitrogens is 1. The fraction of sp³-hybridized carbons (Fsp3) is 0.167. The number of hydrogen-bond donors (Lipinski definition) is 2. The summed E-state index contributed by atoms with van der Waals surface area (Å²) in [6.07, 6.45) is -0.330. The molecule has 4 rings (SSSR count). The van der Waals surface area contributed by atoms with Crippen LogP contribution in [0.4, 0.5) is 11.4 Å². The van der Waals surface area contributed by atoms with Gasteiger partial charge in [-0.3, -0.25) is 9.59 Å². The normalized spacial score (nSPS) is 15.7. The second-order valence-electron chi connectivity index (χ2n) is 5.81. The van der Waals surface area contributed by atoms with E-state index in [0.717, 1.165) is 15.6 Å². The molecule has 8 heteroatoms. The molecule has 26 heavy (non-hydrogen) atoms. The number of benzene rings is 1. The molecule has 0 saturated heterocycles. The average Bonchev–Trinajstić information content (AvgIpc) is 3.27. The first kappa shape index (κ1) is 16.7. The Hall–Kier alpha value is -2.71. The molecule has 0 aliphatic carbocycles. The first-order valence-electron chi connectivity index (χ1n) is 7.98. The molecule has 1 aromatic carbocycles. The highest BCUT2D eigenvalue weighted by molar-refractivity contribution is 7.20. The molecule has 6 nitrogen and oxygen atoms in total. The molecule has 2 amide bonds. The zero-order valence-electron chi connectivity index (χ0n) is 13.8. The minimum Gasteiger partial charge on any atom is -0.479 e. The number of amides is 2. The van der Waals surface area contributed by atoms with E-state index in [4.69, 9.17) is 4.74 Å². The Kier molecular flexibility index (Phi) is 4.44. The third-order valence-electron chi connectivity index (χ3n) is 3.82. The zero-order valence-corrected chi connectivity index (χ0v) is 15.4. The molecule has 0 spiro atoms. The quantitative estimate of drug-likeness (QED) is 0.716. The number of fused-ring (bicyclic) bond motifs is 1. The Labute approximate surface area is 157 Å². The van der Waals surface area contributed by atoms with Crippen molar-refractivity contribution in [2.45, 2.75) is 19.4 Å². The van der Waals surface area contributed by atoms with Crippen LogP contribution in [0.25, 0.3) is 9.88 Å². The molecule has 2 aromatic heterocycles. The van der Waals surface area contributed by atoms with Gasteiger partial charge in [-0.1, -0.05) is 6.07 Å². The van der Waals surface area contributed by atoms with Crippen molar-refractivity contribution in [3.05, 3.63) is 46.8 Å². The fourth-order valence-corrected chi connectivity index (χ4v) is 4.19. The number of hydrogen-bond acceptors (Lipinski definition) is 6. The summed E-state index contributed by atoms with van der Waals surface area (Å²) < 4.78 is 5.51. The van der Waals surface area contributed by atoms with Gasteiger partial charge in [0.2, 0.25) is 5.91 Å². The van der Waals surface area contributed by atoms with Crippen molar-refractivity contribution in [1.82, 2.24) is 4.98 Å². The molecule has 0 saturated carbocycles. The van der Waals surface area contributed by atoms with Crippen molar-refractivity contribution in [3.63, 3.8) is 0 Å².